The van der Waals surface area contributed by atoms with Crippen LogP contribution in [0.5, 0.6) is 0 Å². The van der Waals surface area contributed by atoms with Crippen molar-refractivity contribution in [1.82, 2.24) is 0 Å². The topological polar surface area (TPSA) is 118 Å². The zero-order valence-electron chi connectivity index (χ0n) is 23.3. The molecule has 1 spiro atoms. The maximum atomic E-state index is 12.5. The molecule has 4 aliphatic rings. The van der Waals surface area contributed by atoms with Crippen LogP contribution in [0.1, 0.15) is 86.0 Å². The number of carbonyl (C=O) groups excluding carboxylic acids is 4. The number of ether oxygens (including phenoxy) is 5. The van der Waals surface area contributed by atoms with Crippen molar-refractivity contribution in [3.63, 3.8) is 0 Å². The average Bonchev–Trinajstić information content (AvgIpc) is 3.59. The van der Waals surface area contributed by atoms with Gasteiger partial charge in [0, 0.05) is 24.7 Å². The summed E-state index contributed by atoms with van der Waals surface area (Å²) >= 11 is 0. The van der Waals surface area contributed by atoms with Crippen LogP contribution in [-0.4, -0.2) is 61.5 Å². The van der Waals surface area contributed by atoms with Crippen LogP contribution < -0.4 is 0 Å². The number of allylic oxidation sites excluding steroid dienone is 1. The minimum atomic E-state index is -0.693. The Kier molecular flexibility index (Phi) is 8.26. The van der Waals surface area contributed by atoms with Gasteiger partial charge >= 0.3 is 23.9 Å². The summed E-state index contributed by atoms with van der Waals surface area (Å²) in [6.07, 6.45) is 5.37. The Morgan fingerprint density at radius 2 is 1.63 bits per heavy atom. The van der Waals surface area contributed by atoms with Crippen molar-refractivity contribution in [3.8, 4) is 0 Å². The predicted molar refractivity (Wildman–Crippen MR) is 136 cm³/mol. The van der Waals surface area contributed by atoms with Gasteiger partial charge in [-0.2, -0.15) is 0 Å². The minimum Gasteiger partial charge on any atom is -0.465 e. The summed E-state index contributed by atoms with van der Waals surface area (Å²) in [6, 6.07) is 0. The summed E-state index contributed by atoms with van der Waals surface area (Å²) in [5.74, 6) is -1.16. The van der Waals surface area contributed by atoms with Gasteiger partial charge in [-0.1, -0.05) is 40.7 Å². The lowest BCUT2D eigenvalue weighted by Gasteiger charge is -2.61. The molecule has 2 saturated heterocycles. The second kappa shape index (κ2) is 11.0. The fraction of sp³-hybridized carbons (Fsp3) is 0.793. The van der Waals surface area contributed by atoms with Gasteiger partial charge < -0.3 is 23.7 Å². The lowest BCUT2D eigenvalue weighted by Crippen LogP contribution is -2.61. The van der Waals surface area contributed by atoms with Crippen LogP contribution in [0.25, 0.3) is 0 Å². The van der Waals surface area contributed by atoms with Crippen LogP contribution in [0.2, 0.25) is 0 Å². The van der Waals surface area contributed by atoms with Crippen LogP contribution in [0.15, 0.2) is 11.6 Å². The molecule has 7 atom stereocenters. The van der Waals surface area contributed by atoms with Crippen molar-refractivity contribution < 1.29 is 42.9 Å². The van der Waals surface area contributed by atoms with E-state index in [0.717, 1.165) is 19.3 Å². The molecule has 9 heteroatoms. The van der Waals surface area contributed by atoms with Gasteiger partial charge in [-0.15, -0.1) is 0 Å². The smallest absolute Gasteiger partial charge is 0.337 e. The van der Waals surface area contributed by atoms with Gasteiger partial charge in [-0.05, 0) is 49.4 Å². The molecule has 0 unspecified atom stereocenters. The molecule has 2 heterocycles. The van der Waals surface area contributed by atoms with E-state index in [4.69, 9.17) is 23.7 Å². The van der Waals surface area contributed by atoms with E-state index in [-0.39, 0.29) is 79.3 Å². The van der Waals surface area contributed by atoms with Gasteiger partial charge in [0.1, 0.15) is 19.3 Å². The number of hydrogen-bond donors (Lipinski definition) is 0. The number of esters is 4. The molecular formula is C29H42O9. The van der Waals surface area contributed by atoms with E-state index >= 15 is 0 Å². The first-order chi connectivity index (χ1) is 18.0. The SMILES string of the molecule is CCC(=O)OC[C@@]1(C)[C@H]2CC[C@@]3(CO3)[C@@H](C/C=C3/C(=O)OC[C@H]3OC(=O)CC)[C@]2(C)CC[C@H]1OC(=O)CC. The maximum absolute atomic E-state index is 12.5. The number of epoxide rings is 1. The highest BCUT2D eigenvalue weighted by molar-refractivity contribution is 5.92. The van der Waals surface area contributed by atoms with Gasteiger partial charge in [-0.3, -0.25) is 14.4 Å². The number of cyclic esters (lactones) is 1. The number of carbonyl (C=O) groups is 4. The van der Waals surface area contributed by atoms with Crippen molar-refractivity contribution in [2.75, 3.05) is 19.8 Å². The number of hydrogen-bond acceptors (Lipinski definition) is 9. The molecule has 9 nitrogen and oxygen atoms in total. The highest BCUT2D eigenvalue weighted by Gasteiger charge is 2.67. The zero-order valence-corrected chi connectivity index (χ0v) is 23.3. The van der Waals surface area contributed by atoms with Gasteiger partial charge in [-0.25, -0.2) is 4.79 Å². The fourth-order valence-corrected chi connectivity index (χ4v) is 7.31. The molecular weight excluding hydrogens is 492 g/mol. The fourth-order valence-electron chi connectivity index (χ4n) is 7.31. The summed E-state index contributed by atoms with van der Waals surface area (Å²) in [6.45, 7) is 10.5. The van der Waals surface area contributed by atoms with E-state index in [1.54, 1.807) is 20.8 Å². The molecule has 2 aliphatic carbocycles. The van der Waals surface area contributed by atoms with Gasteiger partial charge in [0.05, 0.1) is 17.8 Å². The normalized spacial score (nSPS) is 38.9. The molecule has 2 saturated carbocycles. The molecule has 212 valence electrons. The van der Waals surface area contributed by atoms with E-state index in [9.17, 15) is 19.2 Å². The Morgan fingerprint density at radius 1 is 0.974 bits per heavy atom. The second-order valence-corrected chi connectivity index (χ2v) is 11.7. The molecule has 0 bridgehead atoms. The minimum absolute atomic E-state index is 0.0357. The second-order valence-electron chi connectivity index (χ2n) is 11.7. The quantitative estimate of drug-likeness (QED) is 0.187. The summed E-state index contributed by atoms with van der Waals surface area (Å²) in [7, 11) is 0. The molecule has 0 amide bonds. The number of fused-ring (bicyclic) bond motifs is 1. The van der Waals surface area contributed by atoms with E-state index in [0.29, 0.717) is 25.0 Å². The largest absolute Gasteiger partial charge is 0.465 e. The van der Waals surface area contributed by atoms with Gasteiger partial charge in [0.25, 0.3) is 0 Å². The summed E-state index contributed by atoms with van der Waals surface area (Å²) in [4.78, 5) is 48.9. The molecule has 4 fully saturated rings. The van der Waals surface area contributed by atoms with E-state index in [1.165, 1.54) is 0 Å². The lowest BCUT2D eigenvalue weighted by molar-refractivity contribution is -0.203. The molecule has 2 aliphatic heterocycles. The van der Waals surface area contributed by atoms with Crippen LogP contribution in [0.3, 0.4) is 0 Å². The molecule has 0 N–H and O–H groups in total. The first kappa shape index (κ1) is 28.6. The Balaban J connectivity index is 1.63. The van der Waals surface area contributed by atoms with E-state index in [1.807, 2.05) is 6.08 Å². The molecule has 0 aromatic heterocycles. The standard InChI is InChI=1S/C29H42O9/c1-6-23(30)35-16-28(5)20-11-14-29(17-36-29)21(27(20,4)13-12-22(28)38-25(32)8-3)10-9-18-19(15-34-26(18)33)37-24(31)7-2/h9,19-22H,6-8,10-17H2,1-5H3/b18-9+/t19-,20+,21+,22-,27-,28+,29-/m1/s1. The zero-order chi connectivity index (χ0) is 27.7. The van der Waals surface area contributed by atoms with E-state index in [2.05, 4.69) is 13.8 Å². The van der Waals surface area contributed by atoms with Crippen LogP contribution in [0, 0.1) is 22.7 Å². The summed E-state index contributed by atoms with van der Waals surface area (Å²) < 4.78 is 28.4. The van der Waals surface area contributed by atoms with Gasteiger partial charge in [0.2, 0.25) is 0 Å². The highest BCUT2D eigenvalue weighted by atomic mass is 16.6. The van der Waals surface area contributed by atoms with Crippen molar-refractivity contribution >= 4 is 23.9 Å². The van der Waals surface area contributed by atoms with Crippen molar-refractivity contribution in [1.29, 1.82) is 0 Å². The third kappa shape index (κ3) is 5.23. The molecule has 0 aromatic carbocycles. The van der Waals surface area contributed by atoms with Crippen LogP contribution >= 0.6 is 0 Å². The molecule has 0 radical (unpaired) electrons. The average molecular weight is 535 g/mol. The molecule has 0 aromatic rings. The van der Waals surface area contributed by atoms with Crippen molar-refractivity contribution in [2.24, 2.45) is 22.7 Å². The van der Waals surface area contributed by atoms with Gasteiger partial charge in [0.15, 0.2) is 6.10 Å². The summed E-state index contributed by atoms with van der Waals surface area (Å²) in [5, 5.41) is 0. The Bertz CT molecular complexity index is 983. The third-order valence-corrected chi connectivity index (χ3v) is 9.55. The Hall–Kier alpha value is -2.42. The maximum Gasteiger partial charge on any atom is 0.337 e. The van der Waals surface area contributed by atoms with Crippen molar-refractivity contribution in [3.05, 3.63) is 11.6 Å². The first-order valence-electron chi connectivity index (χ1n) is 14.1. The molecule has 4 rings (SSSR count). The number of rotatable bonds is 9. The Labute approximate surface area is 224 Å². The highest BCUT2D eigenvalue weighted by Crippen LogP contribution is 2.66. The third-order valence-electron chi connectivity index (χ3n) is 9.55. The predicted octanol–water partition coefficient (Wildman–Crippen LogP) is 4.06. The summed E-state index contributed by atoms with van der Waals surface area (Å²) in [5.41, 5.74) is -0.657. The van der Waals surface area contributed by atoms with Crippen LogP contribution in [-0.2, 0) is 42.9 Å². The monoisotopic (exact) mass is 534 g/mol. The Morgan fingerprint density at radius 3 is 2.26 bits per heavy atom. The van der Waals surface area contributed by atoms with Crippen molar-refractivity contribution in [2.45, 2.75) is 104 Å². The molecule has 38 heavy (non-hydrogen) atoms. The lowest BCUT2D eigenvalue weighted by atomic mass is 9.45. The van der Waals surface area contributed by atoms with E-state index < -0.39 is 17.5 Å². The van der Waals surface area contributed by atoms with Crippen LogP contribution in [0.4, 0.5) is 0 Å². The first-order valence-corrected chi connectivity index (χ1v) is 14.1.